The highest BCUT2D eigenvalue weighted by molar-refractivity contribution is 5.82. The monoisotopic (exact) mass is 1590 g/mol. The van der Waals surface area contributed by atoms with Crippen LogP contribution in [0, 0.1) is 78.8 Å². The van der Waals surface area contributed by atoms with Crippen LogP contribution < -0.4 is 42.5 Å². The van der Waals surface area contributed by atoms with Gasteiger partial charge in [-0.05, 0) is 159 Å². The first-order chi connectivity index (χ1) is 55.5. The summed E-state index contributed by atoms with van der Waals surface area (Å²) in [5, 5.41) is 93.0. The zero-order valence-corrected chi connectivity index (χ0v) is 68.3. The van der Waals surface area contributed by atoms with Crippen LogP contribution in [0.2, 0.25) is 0 Å². The maximum absolute atomic E-state index is 13.2. The molecule has 9 aromatic rings. The molecule has 5 aliphatic rings. The van der Waals surface area contributed by atoms with Crippen LogP contribution in [-0.2, 0) is 31.6 Å². The molecular weight excluding hydrogens is 1480 g/mol. The molecular formula is C84H116F2N26O4. The van der Waals surface area contributed by atoms with E-state index in [1.165, 1.54) is 42.8 Å². The number of nitrogens with one attached hydrogen (secondary N) is 9. The van der Waals surface area contributed by atoms with Gasteiger partial charge < -0.3 is 66.8 Å². The number of hydrogen-bond acceptors (Lipinski definition) is 29. The van der Waals surface area contributed by atoms with E-state index in [4.69, 9.17) is 4.52 Å². The molecule has 0 spiro atoms. The summed E-state index contributed by atoms with van der Waals surface area (Å²) in [4.78, 5) is 50.9. The van der Waals surface area contributed by atoms with Crippen molar-refractivity contribution < 1.29 is 32.3 Å². The third-order valence-electron chi connectivity index (χ3n) is 23.4. The standard InChI is InChI=1S/C23H31N7.C23H28N6O.C19H25F2N7O2.C19H26N6O.3H2/c1-15-4-7-19(10-23(15,2)3)29-21-18(11-24)14-28-22(30-21)25-9-8-16-12-26-20(27-13-16)17-5-6-17;1-23(2)12-18(6-7-19(23)30)28-21-17(13-24)14-27-22(29-21)26-11-9-16-5-3-4-15-8-10-25-20(15)16;1-18(2)8-12(4-5-13(18)29)25-15-11(9-22)10-24-17(27-15)23-7-6-14-26-16(30-28-14)19(3,20)21;1-13-4-5-16(10-19(13,2)3)23-17-14(11-20)12-22-18(24-17)21-8-6-15-7-9-26-25-15;;;/h12-15,17,19H,4-10H2,1-3H3,(H2,25,28,29,30);3-5,8,10,14,18-19,25,30H,6-7,9,11-12H2,1-2H3,(H2,26,27,28,29);10,12-13,29H,4-8H2,1-3H3,(H2,23,24,25,27);7,9,12-13,16H,4-6,8,10H2,1-3H3,(H2,21,22,23,24);3*1H/t15-,19+;18-,19+;12-,13+;13-,16+;;;/m0110.../s1. The van der Waals surface area contributed by atoms with Crippen molar-refractivity contribution in [3.05, 3.63) is 137 Å². The van der Waals surface area contributed by atoms with Crippen molar-refractivity contribution in [3.8, 4) is 24.3 Å². The maximum atomic E-state index is 13.2. The van der Waals surface area contributed by atoms with Crippen LogP contribution in [0.25, 0.3) is 10.9 Å². The van der Waals surface area contributed by atoms with Crippen LogP contribution in [0.15, 0.2) is 89.0 Å². The Morgan fingerprint density at radius 3 is 1.32 bits per heavy atom. The maximum Gasteiger partial charge on any atom is 0.322 e. The predicted molar refractivity (Wildman–Crippen MR) is 445 cm³/mol. The number of aliphatic hydroxyl groups excluding tert-OH is 2. The summed E-state index contributed by atoms with van der Waals surface area (Å²) in [7, 11) is 0. The zero-order valence-electron chi connectivity index (χ0n) is 68.3. The van der Waals surface area contributed by atoms with Gasteiger partial charge in [0.25, 0.3) is 5.89 Å². The molecule has 5 aliphatic carbocycles. The summed E-state index contributed by atoms with van der Waals surface area (Å²) in [6, 6.07) is 19.7. The molecule has 30 nitrogen and oxygen atoms in total. The van der Waals surface area contributed by atoms with Crippen LogP contribution in [0.5, 0.6) is 0 Å². The van der Waals surface area contributed by atoms with Crippen LogP contribution in [-0.4, -0.2) is 143 Å². The largest absolute Gasteiger partial charge is 0.393 e. The third-order valence-corrected chi connectivity index (χ3v) is 23.4. The van der Waals surface area contributed by atoms with Crippen molar-refractivity contribution in [1.82, 2.24) is 70.1 Å². The van der Waals surface area contributed by atoms with Crippen molar-refractivity contribution in [2.45, 2.75) is 240 Å². The van der Waals surface area contributed by atoms with Gasteiger partial charge in [-0.25, -0.2) is 29.9 Å². The number of aliphatic hydroxyl groups is 2. The molecule has 620 valence electrons. The number of anilines is 8. The summed E-state index contributed by atoms with van der Waals surface area (Å²) >= 11 is 0. The topological polar surface area (TPSA) is 441 Å². The Morgan fingerprint density at radius 2 is 0.922 bits per heavy atom. The van der Waals surface area contributed by atoms with Gasteiger partial charge in [-0.3, -0.25) is 0 Å². The number of alkyl halides is 2. The minimum absolute atomic E-state index is 0. The molecule has 116 heavy (non-hydrogen) atoms. The van der Waals surface area contributed by atoms with E-state index in [2.05, 4.69) is 221 Å². The summed E-state index contributed by atoms with van der Waals surface area (Å²) in [5.74, 6) is 3.25. The molecule has 32 heteroatoms. The fourth-order valence-corrected chi connectivity index (χ4v) is 15.2. The third kappa shape index (κ3) is 23.7. The fourth-order valence-electron chi connectivity index (χ4n) is 15.2. The fraction of sp³-hybridized carbons (Fsp3) is 0.560. The molecule has 14 rings (SSSR count). The number of hydrogen-bond donors (Lipinski definition) is 11. The van der Waals surface area contributed by atoms with Crippen LogP contribution >= 0.6 is 0 Å². The van der Waals surface area contributed by atoms with Gasteiger partial charge in [-0.15, -0.1) is 0 Å². The number of nitrogens with zero attached hydrogens (tertiary/aromatic N) is 17. The van der Waals surface area contributed by atoms with Crippen molar-refractivity contribution in [3.63, 3.8) is 0 Å². The predicted octanol–water partition coefficient (Wildman–Crippen LogP) is 15.3. The second-order valence-electron chi connectivity index (χ2n) is 34.2. The first kappa shape index (κ1) is 85.5. The molecule has 1 aromatic carbocycles. The van der Waals surface area contributed by atoms with Crippen LogP contribution in [0.4, 0.5) is 55.8 Å². The molecule has 8 atom stereocenters. The SMILES string of the molecule is CC(F)(F)c1nc(CCNc2ncc(C#N)c(N[C@@H]3CC[C@H](O)C(C)(C)C3)n2)no1.CC1(C)C[C@H](Nc2nc(NCCc3cccc4cc[nH]c34)ncc2C#N)CC[C@@H]1O.C[C@H]1CC[C@@H](Nc2nc(NCCc3ccon3)ncc2C#N)CC1(C)C.C[C@H]1CC[C@@H](Nc2nc(NCCc3cnc(C4CC4)nc3)ncc2C#N)CC1(C)C.[HH].[HH].[HH]. The second kappa shape index (κ2) is 38.4. The minimum Gasteiger partial charge on any atom is -0.393 e. The summed E-state index contributed by atoms with van der Waals surface area (Å²) in [5.41, 5.74) is 6.26. The average Bonchev–Trinajstić information content (AvgIpc) is 1.82. The zero-order chi connectivity index (χ0) is 82.8. The number of benzene rings is 1. The van der Waals surface area contributed by atoms with Crippen LogP contribution in [0.1, 0.15) is 233 Å². The number of halogens is 2. The quantitative estimate of drug-likeness (QED) is 0.0240. The van der Waals surface area contributed by atoms with Crippen molar-refractivity contribution >= 4 is 58.0 Å². The number of rotatable bonds is 26. The average molecular weight is 1590 g/mol. The second-order valence-corrected chi connectivity index (χ2v) is 34.2. The lowest BCUT2D eigenvalue weighted by Crippen LogP contribution is -2.41. The highest BCUT2D eigenvalue weighted by Crippen LogP contribution is 2.44. The van der Waals surface area contributed by atoms with Gasteiger partial charge in [-0.1, -0.05) is 97.7 Å². The summed E-state index contributed by atoms with van der Waals surface area (Å²) < 4.78 is 35.7. The molecule has 0 bridgehead atoms. The highest BCUT2D eigenvalue weighted by atomic mass is 19.3. The van der Waals surface area contributed by atoms with E-state index in [-0.39, 0.29) is 68.4 Å². The first-order valence-electron chi connectivity index (χ1n) is 40.4. The van der Waals surface area contributed by atoms with Gasteiger partial charge in [0.05, 0.1) is 42.7 Å². The van der Waals surface area contributed by atoms with E-state index < -0.39 is 11.8 Å². The summed E-state index contributed by atoms with van der Waals surface area (Å²) in [6.45, 7) is 25.1. The Hall–Kier alpha value is -11.4. The van der Waals surface area contributed by atoms with Crippen molar-refractivity contribution in [2.75, 3.05) is 68.7 Å². The van der Waals surface area contributed by atoms with Crippen molar-refractivity contribution in [1.29, 1.82) is 21.0 Å². The number of para-hydroxylation sites is 1. The molecule has 5 fully saturated rings. The highest BCUT2D eigenvalue weighted by Gasteiger charge is 2.40. The van der Waals surface area contributed by atoms with Gasteiger partial charge in [0.15, 0.2) is 5.82 Å². The Balaban J connectivity index is 0.000000196. The van der Waals surface area contributed by atoms with Crippen LogP contribution in [0.3, 0.4) is 0 Å². The molecule has 8 heterocycles. The molecule has 0 amide bonds. The van der Waals surface area contributed by atoms with E-state index in [0.29, 0.717) is 133 Å². The van der Waals surface area contributed by atoms with Gasteiger partial charge in [0, 0.05) is 110 Å². The van der Waals surface area contributed by atoms with E-state index in [1.807, 2.05) is 38.5 Å². The first-order valence-corrected chi connectivity index (χ1v) is 40.4. The lowest BCUT2D eigenvalue weighted by Gasteiger charge is -2.41. The number of aromatic nitrogens is 14. The molecule has 8 aromatic heterocycles. The van der Waals surface area contributed by atoms with E-state index in [1.54, 1.807) is 24.9 Å². The van der Waals surface area contributed by atoms with Gasteiger partial charge >= 0.3 is 5.92 Å². The Bertz CT molecular complexity index is 4900. The molecule has 0 unspecified atom stereocenters. The molecule has 5 saturated carbocycles. The Labute approximate surface area is 681 Å². The molecule has 0 radical (unpaired) electrons. The smallest absolute Gasteiger partial charge is 0.322 e. The van der Waals surface area contributed by atoms with E-state index in [0.717, 1.165) is 99.6 Å². The summed E-state index contributed by atoms with van der Waals surface area (Å²) in [6.07, 6.45) is 29.2. The molecule has 0 saturated heterocycles. The normalized spacial score (nSPS) is 21.6. The number of nitriles is 4. The Morgan fingerprint density at radius 1 is 0.500 bits per heavy atom. The molecule has 11 N–H and O–H groups in total. The van der Waals surface area contributed by atoms with Gasteiger partial charge in [0.1, 0.15) is 81.9 Å². The van der Waals surface area contributed by atoms with E-state index in [9.17, 15) is 40.0 Å². The lowest BCUT2D eigenvalue weighted by atomic mass is 9.68. The number of H-pyrrole nitrogens is 1. The Kier molecular flexibility index (Phi) is 28.3. The van der Waals surface area contributed by atoms with Crippen molar-refractivity contribution in [2.24, 2.45) is 33.5 Å². The number of fused-ring (bicyclic) bond motifs is 1. The molecule has 0 aliphatic heterocycles. The van der Waals surface area contributed by atoms with E-state index >= 15 is 0 Å². The van der Waals surface area contributed by atoms with Gasteiger partial charge in [-0.2, -0.15) is 54.7 Å². The lowest BCUT2D eigenvalue weighted by molar-refractivity contribution is -0.0158. The minimum atomic E-state index is -3.18. The number of aromatic amines is 1. The van der Waals surface area contributed by atoms with Gasteiger partial charge in [0.2, 0.25) is 23.8 Å².